The summed E-state index contributed by atoms with van der Waals surface area (Å²) in [7, 11) is 1.76. The summed E-state index contributed by atoms with van der Waals surface area (Å²) in [4.78, 5) is 14.0. The smallest absolute Gasteiger partial charge is 0.222 e. The van der Waals surface area contributed by atoms with Crippen LogP contribution < -0.4 is 5.32 Å². The summed E-state index contributed by atoms with van der Waals surface area (Å²) in [6, 6.07) is 9.87. The van der Waals surface area contributed by atoms with Crippen LogP contribution in [0.5, 0.6) is 0 Å². The fourth-order valence-electron chi connectivity index (χ4n) is 3.37. The van der Waals surface area contributed by atoms with Gasteiger partial charge in [0.15, 0.2) is 0 Å². The van der Waals surface area contributed by atoms with Gasteiger partial charge < -0.3 is 20.1 Å². The Hall–Kier alpha value is -1.43. The molecule has 0 saturated carbocycles. The van der Waals surface area contributed by atoms with Crippen molar-refractivity contribution < 1.29 is 14.6 Å². The fourth-order valence-corrected chi connectivity index (χ4v) is 3.37. The predicted molar refractivity (Wildman–Crippen MR) is 99.1 cm³/mol. The van der Waals surface area contributed by atoms with Crippen molar-refractivity contribution in [3.8, 4) is 0 Å². The van der Waals surface area contributed by atoms with Crippen molar-refractivity contribution >= 4 is 5.91 Å². The standard InChI is InChI=1S/C20H32N2O3/c1-16(18-8-10-21-11-9-18)12-20(24)22(2)13-19(23)15-25-14-17-6-4-3-5-7-17/h3-7,16,18-19,21,23H,8-15H2,1-2H3. The number of carbonyl (C=O) groups is 1. The van der Waals surface area contributed by atoms with E-state index in [1.54, 1.807) is 11.9 Å². The third-order valence-corrected chi connectivity index (χ3v) is 5.02. The van der Waals surface area contributed by atoms with Crippen LogP contribution in [0.25, 0.3) is 0 Å². The molecule has 1 heterocycles. The molecular formula is C20H32N2O3. The molecule has 5 nitrogen and oxygen atoms in total. The van der Waals surface area contributed by atoms with Crippen LogP contribution in [0, 0.1) is 11.8 Å². The minimum Gasteiger partial charge on any atom is -0.389 e. The summed E-state index contributed by atoms with van der Waals surface area (Å²) in [5.41, 5.74) is 1.08. The Kier molecular flexibility index (Phi) is 8.38. The molecule has 0 spiro atoms. The molecule has 1 aromatic rings. The first-order chi connectivity index (χ1) is 12.1. The van der Waals surface area contributed by atoms with Crippen LogP contribution in [0.2, 0.25) is 0 Å². The zero-order chi connectivity index (χ0) is 18.1. The van der Waals surface area contributed by atoms with E-state index in [2.05, 4.69) is 12.2 Å². The second-order valence-electron chi connectivity index (χ2n) is 7.20. The third kappa shape index (κ3) is 7.14. The SMILES string of the molecule is CC(CC(=O)N(C)CC(O)COCc1ccccc1)C1CCNCC1. The average molecular weight is 348 g/mol. The highest BCUT2D eigenvalue weighted by atomic mass is 16.5. The Morgan fingerprint density at radius 3 is 2.68 bits per heavy atom. The van der Waals surface area contributed by atoms with E-state index in [4.69, 9.17) is 4.74 Å². The van der Waals surface area contributed by atoms with E-state index < -0.39 is 6.10 Å². The molecule has 0 bridgehead atoms. The number of hydrogen-bond acceptors (Lipinski definition) is 4. The first-order valence-corrected chi connectivity index (χ1v) is 9.30. The number of nitrogens with zero attached hydrogens (tertiary/aromatic N) is 1. The second kappa shape index (κ2) is 10.5. The van der Waals surface area contributed by atoms with E-state index in [0.29, 0.717) is 31.4 Å². The number of likely N-dealkylation sites (N-methyl/N-ethyl adjacent to an activating group) is 1. The molecule has 1 amide bonds. The summed E-state index contributed by atoms with van der Waals surface area (Å²) in [5.74, 6) is 1.12. The number of aliphatic hydroxyl groups is 1. The topological polar surface area (TPSA) is 61.8 Å². The van der Waals surface area contributed by atoms with E-state index in [1.165, 1.54) is 0 Å². The van der Waals surface area contributed by atoms with E-state index in [1.807, 2.05) is 30.3 Å². The van der Waals surface area contributed by atoms with Crippen LogP contribution in [-0.4, -0.2) is 55.3 Å². The fraction of sp³-hybridized carbons (Fsp3) is 0.650. The van der Waals surface area contributed by atoms with Gasteiger partial charge in [-0.15, -0.1) is 0 Å². The van der Waals surface area contributed by atoms with Crippen molar-refractivity contribution in [1.29, 1.82) is 0 Å². The number of amides is 1. The summed E-state index contributed by atoms with van der Waals surface area (Å²) < 4.78 is 5.54. The van der Waals surface area contributed by atoms with Gasteiger partial charge in [-0.2, -0.15) is 0 Å². The normalized spacial score (nSPS) is 17.9. The van der Waals surface area contributed by atoms with Crippen molar-refractivity contribution in [1.82, 2.24) is 10.2 Å². The number of carbonyl (C=O) groups excluding carboxylic acids is 1. The summed E-state index contributed by atoms with van der Waals surface area (Å²) in [5, 5.41) is 13.5. The Morgan fingerprint density at radius 1 is 1.32 bits per heavy atom. The summed E-state index contributed by atoms with van der Waals surface area (Å²) in [6.07, 6.45) is 2.19. The Bertz CT molecular complexity index is 503. The van der Waals surface area contributed by atoms with Gasteiger partial charge >= 0.3 is 0 Å². The van der Waals surface area contributed by atoms with Crippen molar-refractivity contribution in [2.75, 3.05) is 33.3 Å². The van der Waals surface area contributed by atoms with E-state index >= 15 is 0 Å². The minimum absolute atomic E-state index is 0.105. The highest BCUT2D eigenvalue weighted by Crippen LogP contribution is 2.24. The highest BCUT2D eigenvalue weighted by molar-refractivity contribution is 5.76. The quantitative estimate of drug-likeness (QED) is 0.717. The van der Waals surface area contributed by atoms with Gasteiger partial charge in [0.25, 0.3) is 0 Å². The number of rotatable bonds is 9. The maximum absolute atomic E-state index is 12.4. The molecule has 2 unspecified atom stereocenters. The predicted octanol–water partition coefficient (Wildman–Crippen LogP) is 2.05. The number of hydrogen-bond donors (Lipinski definition) is 2. The Balaban J connectivity index is 1.65. The van der Waals surface area contributed by atoms with Gasteiger partial charge in [-0.1, -0.05) is 37.3 Å². The van der Waals surface area contributed by atoms with E-state index in [0.717, 1.165) is 31.5 Å². The number of nitrogens with one attached hydrogen (secondary N) is 1. The van der Waals surface area contributed by atoms with Crippen molar-refractivity contribution in [3.05, 3.63) is 35.9 Å². The number of piperidine rings is 1. The van der Waals surface area contributed by atoms with Gasteiger partial charge in [0.1, 0.15) is 0 Å². The summed E-state index contributed by atoms with van der Waals surface area (Å²) >= 11 is 0. The maximum Gasteiger partial charge on any atom is 0.222 e. The lowest BCUT2D eigenvalue weighted by Gasteiger charge is -2.29. The third-order valence-electron chi connectivity index (χ3n) is 5.02. The van der Waals surface area contributed by atoms with Gasteiger partial charge in [0, 0.05) is 20.0 Å². The zero-order valence-corrected chi connectivity index (χ0v) is 15.5. The molecule has 2 rings (SSSR count). The monoisotopic (exact) mass is 348 g/mol. The lowest BCUT2D eigenvalue weighted by Crippen LogP contribution is -2.38. The van der Waals surface area contributed by atoms with Crippen molar-refractivity contribution in [2.24, 2.45) is 11.8 Å². The van der Waals surface area contributed by atoms with Gasteiger partial charge in [0.05, 0.1) is 19.3 Å². The van der Waals surface area contributed by atoms with Crippen LogP contribution in [0.1, 0.15) is 31.7 Å². The van der Waals surface area contributed by atoms with Crippen LogP contribution >= 0.6 is 0 Å². The van der Waals surface area contributed by atoms with Crippen molar-refractivity contribution in [3.63, 3.8) is 0 Å². The highest BCUT2D eigenvalue weighted by Gasteiger charge is 2.24. The molecular weight excluding hydrogens is 316 g/mol. The van der Waals surface area contributed by atoms with E-state index in [9.17, 15) is 9.90 Å². The average Bonchev–Trinajstić information content (AvgIpc) is 2.63. The largest absolute Gasteiger partial charge is 0.389 e. The molecule has 1 aromatic carbocycles. The number of aliphatic hydroxyl groups excluding tert-OH is 1. The first kappa shape index (κ1) is 19.9. The lowest BCUT2D eigenvalue weighted by atomic mass is 9.84. The molecule has 0 aliphatic carbocycles. The van der Waals surface area contributed by atoms with Gasteiger partial charge in [-0.05, 0) is 43.3 Å². The molecule has 0 radical (unpaired) electrons. The molecule has 5 heteroatoms. The zero-order valence-electron chi connectivity index (χ0n) is 15.5. The summed E-state index contributed by atoms with van der Waals surface area (Å²) in [6.45, 7) is 5.29. The number of benzene rings is 1. The van der Waals surface area contributed by atoms with Crippen LogP contribution in [0.15, 0.2) is 30.3 Å². The molecule has 25 heavy (non-hydrogen) atoms. The molecule has 1 aliphatic rings. The van der Waals surface area contributed by atoms with Crippen molar-refractivity contribution in [2.45, 2.75) is 38.9 Å². The van der Waals surface area contributed by atoms with Gasteiger partial charge in [-0.25, -0.2) is 0 Å². The van der Waals surface area contributed by atoms with Crippen LogP contribution in [-0.2, 0) is 16.1 Å². The minimum atomic E-state index is -0.660. The molecule has 2 atom stereocenters. The van der Waals surface area contributed by atoms with Crippen LogP contribution in [0.3, 0.4) is 0 Å². The van der Waals surface area contributed by atoms with Gasteiger partial charge in [-0.3, -0.25) is 4.79 Å². The lowest BCUT2D eigenvalue weighted by molar-refractivity contribution is -0.133. The number of ether oxygens (including phenoxy) is 1. The Morgan fingerprint density at radius 2 is 2.00 bits per heavy atom. The molecule has 140 valence electrons. The molecule has 0 aromatic heterocycles. The first-order valence-electron chi connectivity index (χ1n) is 9.30. The molecule has 2 N–H and O–H groups in total. The van der Waals surface area contributed by atoms with E-state index in [-0.39, 0.29) is 12.5 Å². The molecule has 1 fully saturated rings. The van der Waals surface area contributed by atoms with Gasteiger partial charge in [0.2, 0.25) is 5.91 Å². The second-order valence-corrected chi connectivity index (χ2v) is 7.20. The molecule has 1 aliphatic heterocycles. The Labute approximate surface area is 151 Å². The van der Waals surface area contributed by atoms with Crippen LogP contribution in [0.4, 0.5) is 0 Å². The maximum atomic E-state index is 12.4. The molecule has 1 saturated heterocycles.